The predicted octanol–water partition coefficient (Wildman–Crippen LogP) is 5.87. The van der Waals surface area contributed by atoms with Crippen molar-refractivity contribution in [1.82, 2.24) is 0 Å². The molecule has 1 nitrogen and oxygen atoms in total. The summed E-state index contributed by atoms with van der Waals surface area (Å²) >= 11 is 0. The molecule has 2 aromatic carbocycles. The Bertz CT molecular complexity index is 1040. The van der Waals surface area contributed by atoms with E-state index in [0.717, 1.165) is 12.8 Å². The fraction of sp³-hybridized carbons (Fsp3) is 0.346. The topological polar surface area (TPSA) is 3.88 Å². The standard InChI is InChI=1S/C26H30N/c1-16(2)12-21-15-27(6)24(13-19(21)5)26-18(4)10-11-22-23(26)14-20-9-7-8-17(3)25(20)22/h7-11,13,15-16H,12,14H2,1-6H3/q+1. The van der Waals surface area contributed by atoms with Crippen molar-refractivity contribution in [2.24, 2.45) is 13.0 Å². The Balaban J connectivity index is 1.91. The van der Waals surface area contributed by atoms with Gasteiger partial charge in [0, 0.05) is 11.6 Å². The van der Waals surface area contributed by atoms with Crippen molar-refractivity contribution in [2.45, 2.75) is 47.5 Å². The molecule has 1 heteroatoms. The van der Waals surface area contributed by atoms with E-state index in [1.807, 2.05) is 0 Å². The van der Waals surface area contributed by atoms with Crippen LogP contribution >= 0.6 is 0 Å². The number of rotatable bonds is 3. The van der Waals surface area contributed by atoms with Gasteiger partial charge in [0.1, 0.15) is 7.05 Å². The average Bonchev–Trinajstić information content (AvgIpc) is 2.97. The minimum Gasteiger partial charge on any atom is -0.201 e. The lowest BCUT2D eigenvalue weighted by Gasteiger charge is -2.14. The lowest BCUT2D eigenvalue weighted by molar-refractivity contribution is -0.660. The number of nitrogens with zero attached hydrogens (tertiary/aromatic N) is 1. The van der Waals surface area contributed by atoms with Crippen LogP contribution in [0.5, 0.6) is 0 Å². The molecule has 4 rings (SSSR count). The highest BCUT2D eigenvalue weighted by atomic mass is 14.9. The van der Waals surface area contributed by atoms with Gasteiger partial charge in [0.05, 0.1) is 5.56 Å². The molecule has 0 unspecified atom stereocenters. The molecule has 1 heterocycles. The quantitative estimate of drug-likeness (QED) is 0.404. The molecule has 0 bridgehead atoms. The first-order chi connectivity index (χ1) is 12.9. The van der Waals surface area contributed by atoms with Crippen LogP contribution in [0, 0.1) is 26.7 Å². The molecule has 1 aromatic heterocycles. The summed E-state index contributed by atoms with van der Waals surface area (Å²) in [5.74, 6) is 0.676. The minimum atomic E-state index is 0.676. The first-order valence-corrected chi connectivity index (χ1v) is 10.1. The summed E-state index contributed by atoms with van der Waals surface area (Å²) in [7, 11) is 2.20. The number of pyridine rings is 1. The maximum atomic E-state index is 2.40. The van der Waals surface area contributed by atoms with Crippen LogP contribution in [0.3, 0.4) is 0 Å². The molecular weight excluding hydrogens is 326 g/mol. The van der Waals surface area contributed by atoms with E-state index in [1.165, 1.54) is 55.8 Å². The number of fused-ring (bicyclic) bond motifs is 3. The number of aryl methyl sites for hydroxylation is 4. The smallest absolute Gasteiger partial charge is 0.201 e. The lowest BCUT2D eigenvalue weighted by atomic mass is 9.91. The van der Waals surface area contributed by atoms with Crippen molar-refractivity contribution in [2.75, 3.05) is 0 Å². The Kier molecular flexibility index (Phi) is 4.42. The molecule has 0 saturated heterocycles. The van der Waals surface area contributed by atoms with E-state index in [0.29, 0.717) is 5.92 Å². The van der Waals surface area contributed by atoms with Crippen molar-refractivity contribution < 1.29 is 4.57 Å². The summed E-state index contributed by atoms with van der Waals surface area (Å²) in [5, 5.41) is 0. The van der Waals surface area contributed by atoms with E-state index in [2.05, 4.69) is 88.8 Å². The third kappa shape index (κ3) is 3.00. The van der Waals surface area contributed by atoms with E-state index in [1.54, 1.807) is 0 Å². The van der Waals surface area contributed by atoms with Gasteiger partial charge < -0.3 is 0 Å². The van der Waals surface area contributed by atoms with Crippen molar-refractivity contribution in [3.8, 4) is 22.4 Å². The van der Waals surface area contributed by atoms with Gasteiger partial charge >= 0.3 is 0 Å². The summed E-state index contributed by atoms with van der Waals surface area (Å²) in [6, 6.07) is 13.7. The first-order valence-electron chi connectivity index (χ1n) is 10.1. The molecule has 1 aliphatic rings. The van der Waals surface area contributed by atoms with Gasteiger partial charge in [0.25, 0.3) is 0 Å². The van der Waals surface area contributed by atoms with Gasteiger partial charge in [-0.25, -0.2) is 4.57 Å². The fourth-order valence-corrected chi connectivity index (χ4v) is 4.70. The Hall–Kier alpha value is -2.41. The second-order valence-corrected chi connectivity index (χ2v) is 8.65. The van der Waals surface area contributed by atoms with Gasteiger partial charge in [-0.15, -0.1) is 0 Å². The molecular formula is C26H30N+. The maximum absolute atomic E-state index is 2.40. The molecule has 0 amide bonds. The summed E-state index contributed by atoms with van der Waals surface area (Å²) in [5.41, 5.74) is 14.2. The van der Waals surface area contributed by atoms with E-state index >= 15 is 0 Å². The van der Waals surface area contributed by atoms with Crippen molar-refractivity contribution in [3.05, 3.63) is 76.0 Å². The van der Waals surface area contributed by atoms with E-state index in [4.69, 9.17) is 0 Å². The summed E-state index contributed by atoms with van der Waals surface area (Å²) < 4.78 is 2.34. The molecule has 0 radical (unpaired) electrons. The van der Waals surface area contributed by atoms with Gasteiger partial charge in [-0.3, -0.25) is 0 Å². The third-order valence-corrected chi connectivity index (χ3v) is 5.99. The van der Waals surface area contributed by atoms with Crippen LogP contribution in [0.25, 0.3) is 22.4 Å². The molecule has 1 aliphatic carbocycles. The highest BCUT2D eigenvalue weighted by Crippen LogP contribution is 2.43. The van der Waals surface area contributed by atoms with Crippen molar-refractivity contribution in [3.63, 3.8) is 0 Å². The number of benzene rings is 2. The maximum Gasteiger partial charge on any atom is 0.213 e. The number of hydrogen-bond donors (Lipinski definition) is 0. The number of aromatic nitrogens is 1. The van der Waals surface area contributed by atoms with Crippen LogP contribution in [0.4, 0.5) is 0 Å². The molecule has 0 N–H and O–H groups in total. The van der Waals surface area contributed by atoms with Gasteiger partial charge in [0.15, 0.2) is 6.20 Å². The first kappa shape index (κ1) is 18.0. The Labute approximate surface area is 163 Å². The Morgan fingerprint density at radius 1 is 0.926 bits per heavy atom. The van der Waals surface area contributed by atoms with Gasteiger partial charge in [0.2, 0.25) is 5.69 Å². The zero-order valence-corrected chi connectivity index (χ0v) is 17.5. The van der Waals surface area contributed by atoms with Crippen molar-refractivity contribution >= 4 is 0 Å². The molecule has 138 valence electrons. The number of hydrogen-bond acceptors (Lipinski definition) is 0. The van der Waals surface area contributed by atoms with E-state index in [9.17, 15) is 0 Å². The predicted molar refractivity (Wildman–Crippen MR) is 114 cm³/mol. The second-order valence-electron chi connectivity index (χ2n) is 8.65. The highest BCUT2D eigenvalue weighted by molar-refractivity contribution is 5.86. The largest absolute Gasteiger partial charge is 0.213 e. The van der Waals surface area contributed by atoms with Crippen LogP contribution in [-0.2, 0) is 19.9 Å². The van der Waals surface area contributed by atoms with E-state index < -0.39 is 0 Å². The third-order valence-electron chi connectivity index (χ3n) is 5.99. The molecule has 0 fully saturated rings. The van der Waals surface area contributed by atoms with Crippen LogP contribution in [0.1, 0.15) is 47.2 Å². The molecule has 3 aromatic rings. The molecule has 0 aliphatic heterocycles. The minimum absolute atomic E-state index is 0.676. The van der Waals surface area contributed by atoms with Gasteiger partial charge in [-0.1, -0.05) is 44.2 Å². The highest BCUT2D eigenvalue weighted by Gasteiger charge is 2.27. The zero-order chi connectivity index (χ0) is 19.3. The van der Waals surface area contributed by atoms with Crippen LogP contribution in [0.2, 0.25) is 0 Å². The fourth-order valence-electron chi connectivity index (χ4n) is 4.70. The van der Waals surface area contributed by atoms with Crippen LogP contribution < -0.4 is 4.57 Å². The van der Waals surface area contributed by atoms with Gasteiger partial charge in [-0.05, 0) is 78.5 Å². The molecule has 27 heavy (non-hydrogen) atoms. The average molecular weight is 357 g/mol. The summed E-state index contributed by atoms with van der Waals surface area (Å²) in [4.78, 5) is 0. The molecule has 0 atom stereocenters. The Morgan fingerprint density at radius 3 is 2.41 bits per heavy atom. The lowest BCUT2D eigenvalue weighted by Crippen LogP contribution is -2.32. The molecule has 0 saturated carbocycles. The zero-order valence-electron chi connectivity index (χ0n) is 17.5. The second kappa shape index (κ2) is 6.64. The SMILES string of the molecule is Cc1cc(-c2c(C)ccc3c2Cc2cccc(C)c2-3)[n+](C)cc1CC(C)C. The monoisotopic (exact) mass is 356 g/mol. The van der Waals surface area contributed by atoms with Crippen LogP contribution in [0.15, 0.2) is 42.6 Å². The van der Waals surface area contributed by atoms with Crippen LogP contribution in [-0.4, -0.2) is 0 Å². The summed E-state index contributed by atoms with van der Waals surface area (Å²) in [6.45, 7) is 11.3. The van der Waals surface area contributed by atoms with Gasteiger partial charge in [-0.2, -0.15) is 0 Å². The molecule has 0 spiro atoms. The van der Waals surface area contributed by atoms with Crippen molar-refractivity contribution in [1.29, 1.82) is 0 Å². The van der Waals surface area contributed by atoms with E-state index in [-0.39, 0.29) is 0 Å². The Morgan fingerprint density at radius 2 is 1.67 bits per heavy atom. The normalized spacial score (nSPS) is 12.4. The summed E-state index contributed by atoms with van der Waals surface area (Å²) in [6.07, 6.45) is 4.52.